The Morgan fingerprint density at radius 3 is 2.59 bits per heavy atom. The number of benzene rings is 2. The highest BCUT2D eigenvalue weighted by molar-refractivity contribution is 5.98. The van der Waals surface area contributed by atoms with Crippen molar-refractivity contribution >= 4 is 28.1 Å². The van der Waals surface area contributed by atoms with E-state index in [-0.39, 0.29) is 11.5 Å². The number of hydrogen-bond acceptors (Lipinski definition) is 3. The van der Waals surface area contributed by atoms with Crippen LogP contribution in [0.4, 0.5) is 5.69 Å². The molecule has 148 valence electrons. The minimum atomic E-state index is -0.453. The van der Waals surface area contributed by atoms with Gasteiger partial charge < -0.3 is 5.32 Å². The summed E-state index contributed by atoms with van der Waals surface area (Å²) in [5.74, 6) is -0.0887. The van der Waals surface area contributed by atoms with Crippen LogP contribution in [0.5, 0.6) is 0 Å². The first-order chi connectivity index (χ1) is 14.0. The number of para-hydroxylation sites is 2. The molecule has 1 amide bonds. The van der Waals surface area contributed by atoms with Gasteiger partial charge >= 0.3 is 0 Å². The molecule has 0 saturated carbocycles. The molecule has 0 aliphatic carbocycles. The van der Waals surface area contributed by atoms with E-state index >= 15 is 0 Å². The molecule has 6 nitrogen and oxygen atoms in total. The fraction of sp³-hybridized carbons (Fsp3) is 0.261. The van der Waals surface area contributed by atoms with Gasteiger partial charge in [0.1, 0.15) is 6.04 Å². The van der Waals surface area contributed by atoms with Crippen LogP contribution in [0.15, 0.2) is 59.4 Å². The molecule has 0 bridgehead atoms. The van der Waals surface area contributed by atoms with Crippen LogP contribution in [0.2, 0.25) is 0 Å². The SMILES string of the molecule is CCc1ccccc1NC(=O)C(CC)n1c2ccccc2c2nc(=O)cc(C)n21. The average molecular weight is 388 g/mol. The summed E-state index contributed by atoms with van der Waals surface area (Å²) in [7, 11) is 0. The van der Waals surface area contributed by atoms with Crippen molar-refractivity contribution in [3.63, 3.8) is 0 Å². The number of carbonyl (C=O) groups excluding carboxylic acids is 1. The first-order valence-corrected chi connectivity index (χ1v) is 9.93. The van der Waals surface area contributed by atoms with Gasteiger partial charge in [-0.2, -0.15) is 4.98 Å². The molecule has 2 aromatic heterocycles. The molecule has 1 unspecified atom stereocenters. The van der Waals surface area contributed by atoms with Gasteiger partial charge in [-0.05, 0) is 43.5 Å². The van der Waals surface area contributed by atoms with Crippen molar-refractivity contribution in [1.29, 1.82) is 0 Å². The van der Waals surface area contributed by atoms with E-state index in [4.69, 9.17) is 0 Å². The molecular formula is C23H24N4O2. The molecule has 0 radical (unpaired) electrons. The van der Waals surface area contributed by atoms with E-state index < -0.39 is 6.04 Å². The summed E-state index contributed by atoms with van der Waals surface area (Å²) in [5.41, 5.74) is 3.85. The Morgan fingerprint density at radius 2 is 1.83 bits per heavy atom. The maximum absolute atomic E-state index is 13.3. The summed E-state index contributed by atoms with van der Waals surface area (Å²) >= 11 is 0. The Labute approximate surface area is 168 Å². The number of hydrogen-bond donors (Lipinski definition) is 1. The van der Waals surface area contributed by atoms with Crippen molar-refractivity contribution in [1.82, 2.24) is 14.2 Å². The topological polar surface area (TPSA) is 68.4 Å². The highest BCUT2D eigenvalue weighted by atomic mass is 16.2. The van der Waals surface area contributed by atoms with Crippen LogP contribution in [-0.4, -0.2) is 20.1 Å². The average Bonchev–Trinajstić information content (AvgIpc) is 3.04. The number of aryl methyl sites for hydroxylation is 2. The van der Waals surface area contributed by atoms with E-state index in [2.05, 4.69) is 17.2 Å². The van der Waals surface area contributed by atoms with Gasteiger partial charge in [-0.1, -0.05) is 44.2 Å². The first kappa shape index (κ1) is 18.9. The summed E-state index contributed by atoms with van der Waals surface area (Å²) < 4.78 is 3.84. The molecule has 0 aliphatic heterocycles. The standard InChI is InChI=1S/C23H24N4O2/c1-4-16-10-6-8-12-18(16)24-23(29)19(5-2)27-20-13-9-7-11-17(20)22-25-21(28)14-15(3)26(22)27/h6-14,19H,4-5H2,1-3H3,(H,24,29). The highest BCUT2D eigenvalue weighted by Crippen LogP contribution is 2.27. The monoisotopic (exact) mass is 388 g/mol. The smallest absolute Gasteiger partial charge is 0.273 e. The molecule has 0 aliphatic rings. The molecule has 0 fully saturated rings. The molecule has 29 heavy (non-hydrogen) atoms. The largest absolute Gasteiger partial charge is 0.324 e. The van der Waals surface area contributed by atoms with Crippen molar-refractivity contribution in [2.75, 3.05) is 5.32 Å². The zero-order chi connectivity index (χ0) is 20.5. The van der Waals surface area contributed by atoms with Gasteiger partial charge in [0.2, 0.25) is 5.91 Å². The number of aromatic nitrogens is 3. The van der Waals surface area contributed by atoms with E-state index in [1.54, 1.807) is 0 Å². The molecule has 4 aromatic rings. The minimum Gasteiger partial charge on any atom is -0.324 e. The second-order valence-electron chi connectivity index (χ2n) is 7.16. The first-order valence-electron chi connectivity index (χ1n) is 9.93. The fourth-order valence-corrected chi connectivity index (χ4v) is 3.95. The van der Waals surface area contributed by atoms with E-state index in [1.807, 2.05) is 71.6 Å². The summed E-state index contributed by atoms with van der Waals surface area (Å²) in [6, 6.07) is 16.6. The molecule has 0 spiro atoms. The number of rotatable bonds is 5. The Hall–Kier alpha value is -3.41. The fourth-order valence-electron chi connectivity index (χ4n) is 3.95. The Balaban J connectivity index is 1.89. The summed E-state index contributed by atoms with van der Waals surface area (Å²) in [4.78, 5) is 29.6. The van der Waals surface area contributed by atoms with Gasteiger partial charge in [0.05, 0.1) is 5.52 Å². The molecule has 1 atom stereocenters. The van der Waals surface area contributed by atoms with E-state index in [0.717, 1.165) is 34.3 Å². The summed E-state index contributed by atoms with van der Waals surface area (Å²) in [5, 5.41) is 3.96. The van der Waals surface area contributed by atoms with Crippen molar-refractivity contribution in [3.05, 3.63) is 76.2 Å². The van der Waals surface area contributed by atoms with Crippen molar-refractivity contribution in [2.24, 2.45) is 0 Å². The van der Waals surface area contributed by atoms with Crippen LogP contribution < -0.4 is 10.9 Å². The van der Waals surface area contributed by atoms with Crippen molar-refractivity contribution in [3.8, 4) is 0 Å². The molecule has 6 heteroatoms. The van der Waals surface area contributed by atoms with E-state index in [0.29, 0.717) is 12.1 Å². The van der Waals surface area contributed by atoms with Crippen LogP contribution in [0, 0.1) is 6.92 Å². The lowest BCUT2D eigenvalue weighted by Crippen LogP contribution is -2.29. The van der Waals surface area contributed by atoms with Crippen molar-refractivity contribution < 1.29 is 4.79 Å². The summed E-state index contributed by atoms with van der Waals surface area (Å²) in [6.07, 6.45) is 1.44. The lowest BCUT2D eigenvalue weighted by molar-refractivity contribution is -0.119. The molecule has 2 heterocycles. The summed E-state index contributed by atoms with van der Waals surface area (Å²) in [6.45, 7) is 5.92. The van der Waals surface area contributed by atoms with Gasteiger partial charge in [-0.25, -0.2) is 4.52 Å². The molecule has 4 rings (SSSR count). The number of nitrogens with zero attached hydrogens (tertiary/aromatic N) is 3. The normalized spacial score (nSPS) is 12.4. The van der Waals surface area contributed by atoms with Gasteiger partial charge in [-0.3, -0.25) is 14.3 Å². The zero-order valence-corrected chi connectivity index (χ0v) is 16.8. The third-order valence-electron chi connectivity index (χ3n) is 5.33. The lowest BCUT2D eigenvalue weighted by atomic mass is 10.1. The number of nitrogens with one attached hydrogen (secondary N) is 1. The third-order valence-corrected chi connectivity index (χ3v) is 5.33. The van der Waals surface area contributed by atoms with Crippen LogP contribution in [0.1, 0.15) is 37.6 Å². The number of amides is 1. The molecule has 2 aromatic carbocycles. The second kappa shape index (κ2) is 7.54. The molecule has 0 saturated heterocycles. The van der Waals surface area contributed by atoms with Crippen LogP contribution in [0.25, 0.3) is 16.6 Å². The lowest BCUT2D eigenvalue weighted by Gasteiger charge is -2.21. The number of fused-ring (bicyclic) bond motifs is 3. The van der Waals surface area contributed by atoms with Gasteiger partial charge in [-0.15, -0.1) is 0 Å². The molecule has 1 N–H and O–H groups in total. The van der Waals surface area contributed by atoms with E-state index in [9.17, 15) is 9.59 Å². The molecular weight excluding hydrogens is 364 g/mol. The predicted octanol–water partition coefficient (Wildman–Crippen LogP) is 4.11. The number of carbonyl (C=O) groups is 1. The Kier molecular flexibility index (Phi) is 4.92. The van der Waals surface area contributed by atoms with Crippen molar-refractivity contribution in [2.45, 2.75) is 39.7 Å². The Bertz CT molecular complexity index is 1270. The van der Waals surface area contributed by atoms with Crippen LogP contribution >= 0.6 is 0 Å². The van der Waals surface area contributed by atoms with Gasteiger partial charge in [0.25, 0.3) is 5.56 Å². The van der Waals surface area contributed by atoms with Crippen LogP contribution in [0.3, 0.4) is 0 Å². The minimum absolute atomic E-state index is 0.0887. The predicted molar refractivity (Wildman–Crippen MR) is 115 cm³/mol. The quantitative estimate of drug-likeness (QED) is 0.559. The number of anilines is 1. The van der Waals surface area contributed by atoms with Crippen LogP contribution in [-0.2, 0) is 11.2 Å². The second-order valence-corrected chi connectivity index (χ2v) is 7.16. The van der Waals surface area contributed by atoms with Gasteiger partial charge in [0.15, 0.2) is 5.65 Å². The Morgan fingerprint density at radius 1 is 1.10 bits per heavy atom. The maximum Gasteiger partial charge on any atom is 0.273 e. The third kappa shape index (κ3) is 3.20. The van der Waals surface area contributed by atoms with E-state index in [1.165, 1.54) is 6.07 Å². The van der Waals surface area contributed by atoms with Gasteiger partial charge in [0, 0.05) is 22.8 Å². The zero-order valence-electron chi connectivity index (χ0n) is 16.8. The highest BCUT2D eigenvalue weighted by Gasteiger charge is 2.25. The maximum atomic E-state index is 13.3.